The second kappa shape index (κ2) is 6.59. The molecule has 0 saturated carbocycles. The largest absolute Gasteiger partial charge is 0.360 e. The molecule has 7 nitrogen and oxygen atoms in total. The lowest BCUT2D eigenvalue weighted by Gasteiger charge is -2.12. The molecule has 120 valence electrons. The number of amides is 1. The Morgan fingerprint density at radius 1 is 1.45 bits per heavy atom. The van der Waals surface area contributed by atoms with Gasteiger partial charge in [0.1, 0.15) is 9.97 Å². The fourth-order valence-corrected chi connectivity index (χ4v) is 4.21. The van der Waals surface area contributed by atoms with Gasteiger partial charge in [0.05, 0.1) is 6.04 Å². The summed E-state index contributed by atoms with van der Waals surface area (Å²) in [5.74, 6) is 0.288. The molecule has 2 aromatic heterocycles. The van der Waals surface area contributed by atoms with Crippen molar-refractivity contribution in [1.29, 1.82) is 0 Å². The molecule has 0 fully saturated rings. The van der Waals surface area contributed by atoms with E-state index in [0.717, 1.165) is 11.3 Å². The summed E-state index contributed by atoms with van der Waals surface area (Å²) in [6.45, 7) is 5.11. The Morgan fingerprint density at radius 2 is 2.18 bits per heavy atom. The molecule has 9 heteroatoms. The molecule has 0 spiro atoms. The molecular formula is C13H17N3O4S2. The van der Waals surface area contributed by atoms with Gasteiger partial charge in [0.25, 0.3) is 10.0 Å². The number of anilines is 1. The van der Waals surface area contributed by atoms with Crippen molar-refractivity contribution < 1.29 is 17.7 Å². The van der Waals surface area contributed by atoms with E-state index in [2.05, 4.69) is 15.2 Å². The van der Waals surface area contributed by atoms with Crippen molar-refractivity contribution in [2.45, 2.75) is 37.4 Å². The lowest BCUT2D eigenvalue weighted by atomic mass is 10.3. The summed E-state index contributed by atoms with van der Waals surface area (Å²) in [5.41, 5.74) is 0. The van der Waals surface area contributed by atoms with E-state index in [1.807, 2.05) is 6.92 Å². The third kappa shape index (κ3) is 3.93. The van der Waals surface area contributed by atoms with Gasteiger partial charge in [-0.25, -0.2) is 8.42 Å². The number of thiophene rings is 1. The normalized spacial score (nSPS) is 13.0. The Kier molecular flexibility index (Phi) is 4.99. The minimum absolute atomic E-state index is 0.196. The molecule has 0 aliphatic rings. The highest BCUT2D eigenvalue weighted by atomic mass is 32.2. The fraction of sp³-hybridized carbons (Fsp3) is 0.385. The molecule has 2 heterocycles. The molecule has 0 aliphatic heterocycles. The van der Waals surface area contributed by atoms with Crippen LogP contribution in [0.3, 0.4) is 0 Å². The fourth-order valence-electron chi connectivity index (χ4n) is 1.70. The van der Waals surface area contributed by atoms with E-state index >= 15 is 0 Å². The van der Waals surface area contributed by atoms with Gasteiger partial charge >= 0.3 is 0 Å². The molecule has 2 rings (SSSR count). The zero-order valence-electron chi connectivity index (χ0n) is 12.4. The number of hydrogen-bond acceptors (Lipinski definition) is 6. The van der Waals surface area contributed by atoms with Crippen LogP contribution in [0.15, 0.2) is 26.9 Å². The van der Waals surface area contributed by atoms with Gasteiger partial charge in [0.2, 0.25) is 5.91 Å². The standard InChI is InChI=1S/C13H17N3O4S2/c1-4-10-5-6-12(21-10)22(18,19)16-9(3)13(17)14-11-7-8(2)20-15-11/h5-7,9,16H,4H2,1-3H3,(H,14,15,17)/t9-/m0/s1. The Labute approximate surface area is 132 Å². The first-order valence-corrected chi connectivity index (χ1v) is 8.97. The molecule has 22 heavy (non-hydrogen) atoms. The van der Waals surface area contributed by atoms with Crippen LogP contribution >= 0.6 is 11.3 Å². The van der Waals surface area contributed by atoms with Gasteiger partial charge in [-0.2, -0.15) is 4.72 Å². The van der Waals surface area contributed by atoms with Gasteiger partial charge in [-0.15, -0.1) is 11.3 Å². The summed E-state index contributed by atoms with van der Waals surface area (Å²) >= 11 is 1.19. The predicted octanol–water partition coefficient (Wildman–Crippen LogP) is 1.91. The molecule has 0 aromatic carbocycles. The van der Waals surface area contributed by atoms with Crippen molar-refractivity contribution in [3.63, 3.8) is 0 Å². The highest BCUT2D eigenvalue weighted by Gasteiger charge is 2.24. The second-order valence-corrected chi connectivity index (χ2v) is 7.84. The predicted molar refractivity (Wildman–Crippen MR) is 83.4 cm³/mol. The van der Waals surface area contributed by atoms with Gasteiger partial charge in [-0.3, -0.25) is 4.79 Å². The highest BCUT2D eigenvalue weighted by Crippen LogP contribution is 2.22. The lowest BCUT2D eigenvalue weighted by Crippen LogP contribution is -2.41. The van der Waals surface area contributed by atoms with E-state index < -0.39 is 22.0 Å². The second-order valence-electron chi connectivity index (χ2n) is 4.73. The number of rotatable bonds is 6. The van der Waals surface area contributed by atoms with Crippen LogP contribution in [0.1, 0.15) is 24.5 Å². The minimum atomic E-state index is -3.72. The number of sulfonamides is 1. The van der Waals surface area contributed by atoms with E-state index in [0.29, 0.717) is 5.76 Å². The lowest BCUT2D eigenvalue weighted by molar-refractivity contribution is -0.117. The summed E-state index contributed by atoms with van der Waals surface area (Å²) in [4.78, 5) is 12.9. The maximum atomic E-state index is 12.2. The van der Waals surface area contributed by atoms with Crippen molar-refractivity contribution in [3.8, 4) is 0 Å². The quantitative estimate of drug-likeness (QED) is 0.834. The van der Waals surface area contributed by atoms with Crippen LogP contribution in [0.4, 0.5) is 5.82 Å². The van der Waals surface area contributed by atoms with Gasteiger partial charge in [-0.1, -0.05) is 12.1 Å². The van der Waals surface area contributed by atoms with Crippen molar-refractivity contribution in [1.82, 2.24) is 9.88 Å². The molecular weight excluding hydrogens is 326 g/mol. The van der Waals surface area contributed by atoms with Gasteiger partial charge in [0.15, 0.2) is 5.82 Å². The van der Waals surface area contributed by atoms with Gasteiger partial charge in [-0.05, 0) is 32.4 Å². The monoisotopic (exact) mass is 343 g/mol. The zero-order chi connectivity index (χ0) is 16.3. The number of aryl methyl sites for hydroxylation is 2. The maximum absolute atomic E-state index is 12.2. The summed E-state index contributed by atoms with van der Waals surface area (Å²) < 4.78 is 31.8. The van der Waals surface area contributed by atoms with Crippen molar-refractivity contribution in [3.05, 3.63) is 28.8 Å². The van der Waals surface area contributed by atoms with Crippen LogP contribution in [0.5, 0.6) is 0 Å². The number of nitrogens with zero attached hydrogens (tertiary/aromatic N) is 1. The van der Waals surface area contributed by atoms with Crippen molar-refractivity contribution >= 4 is 33.1 Å². The third-order valence-corrected chi connectivity index (χ3v) is 6.12. The SMILES string of the molecule is CCc1ccc(S(=O)(=O)N[C@@H](C)C(=O)Nc2cc(C)on2)s1. The number of carbonyl (C=O) groups is 1. The average Bonchev–Trinajstić information content (AvgIpc) is 3.07. The summed E-state index contributed by atoms with van der Waals surface area (Å²) in [6.07, 6.45) is 0.766. The van der Waals surface area contributed by atoms with Crippen LogP contribution in [0.25, 0.3) is 0 Å². The molecule has 2 N–H and O–H groups in total. The molecule has 0 aliphatic carbocycles. The highest BCUT2D eigenvalue weighted by molar-refractivity contribution is 7.91. The Balaban J connectivity index is 2.03. The van der Waals surface area contributed by atoms with E-state index in [1.54, 1.807) is 19.1 Å². The summed E-state index contributed by atoms with van der Waals surface area (Å²) in [6, 6.07) is 3.92. The van der Waals surface area contributed by atoms with Crippen LogP contribution in [-0.4, -0.2) is 25.5 Å². The molecule has 1 atom stereocenters. The van der Waals surface area contributed by atoms with Crippen LogP contribution in [0.2, 0.25) is 0 Å². The van der Waals surface area contributed by atoms with Gasteiger partial charge in [0, 0.05) is 10.9 Å². The van der Waals surface area contributed by atoms with E-state index in [9.17, 15) is 13.2 Å². The first-order chi connectivity index (χ1) is 10.3. The van der Waals surface area contributed by atoms with Crippen molar-refractivity contribution in [2.75, 3.05) is 5.32 Å². The molecule has 0 radical (unpaired) electrons. The average molecular weight is 343 g/mol. The zero-order valence-corrected chi connectivity index (χ0v) is 14.0. The first kappa shape index (κ1) is 16.7. The number of aromatic nitrogens is 1. The molecule has 2 aromatic rings. The Morgan fingerprint density at radius 3 is 2.73 bits per heavy atom. The van der Waals surface area contributed by atoms with Crippen LogP contribution < -0.4 is 10.0 Å². The van der Waals surface area contributed by atoms with Gasteiger partial charge < -0.3 is 9.84 Å². The number of carbonyl (C=O) groups excluding carboxylic acids is 1. The first-order valence-electron chi connectivity index (χ1n) is 6.67. The van der Waals surface area contributed by atoms with Crippen LogP contribution in [0, 0.1) is 6.92 Å². The van der Waals surface area contributed by atoms with E-state index in [4.69, 9.17) is 4.52 Å². The Bertz CT molecular complexity index is 764. The van der Waals surface area contributed by atoms with Crippen LogP contribution in [-0.2, 0) is 21.2 Å². The Hall–Kier alpha value is -1.71. The number of hydrogen-bond donors (Lipinski definition) is 2. The smallest absolute Gasteiger partial charge is 0.250 e. The molecule has 0 bridgehead atoms. The van der Waals surface area contributed by atoms with E-state index in [1.165, 1.54) is 24.3 Å². The van der Waals surface area contributed by atoms with Crippen molar-refractivity contribution in [2.24, 2.45) is 0 Å². The number of nitrogens with one attached hydrogen (secondary N) is 2. The minimum Gasteiger partial charge on any atom is -0.360 e. The third-order valence-electron chi connectivity index (χ3n) is 2.85. The summed E-state index contributed by atoms with van der Waals surface area (Å²) in [7, 11) is -3.72. The topological polar surface area (TPSA) is 101 Å². The molecule has 1 amide bonds. The maximum Gasteiger partial charge on any atom is 0.250 e. The molecule has 0 unspecified atom stereocenters. The van der Waals surface area contributed by atoms with E-state index in [-0.39, 0.29) is 10.0 Å². The molecule has 0 saturated heterocycles. The summed E-state index contributed by atoms with van der Waals surface area (Å²) in [5, 5.41) is 6.11.